The minimum absolute atomic E-state index is 0. The number of hydrogen-bond donors (Lipinski definition) is 2. The van der Waals surface area contributed by atoms with Crippen LogP contribution in [0.5, 0.6) is 0 Å². The van der Waals surface area contributed by atoms with Gasteiger partial charge >= 0.3 is 0 Å². The third-order valence-electron chi connectivity index (χ3n) is 3.25. The van der Waals surface area contributed by atoms with Crippen molar-refractivity contribution in [1.29, 1.82) is 5.26 Å². The highest BCUT2D eigenvalue weighted by Crippen LogP contribution is 2.18. The molecule has 0 aromatic heterocycles. The molecule has 20 heavy (non-hydrogen) atoms. The Kier molecular flexibility index (Phi) is 5.96. The topological polar surface area (TPSA) is 82.0 Å². The predicted octanol–water partition coefficient (Wildman–Crippen LogP) is 1.32. The van der Waals surface area contributed by atoms with Crippen LogP contribution in [0.25, 0.3) is 0 Å². The quantitative estimate of drug-likeness (QED) is 0.881. The Morgan fingerprint density at radius 3 is 2.55 bits per heavy atom. The van der Waals surface area contributed by atoms with Crippen LogP contribution >= 0.6 is 12.4 Å². The first kappa shape index (κ1) is 16.9. The molecule has 2 rings (SSSR count). The molecule has 1 aliphatic rings. The summed E-state index contributed by atoms with van der Waals surface area (Å²) in [6, 6.07) is 6.61. The lowest BCUT2D eigenvalue weighted by molar-refractivity contribution is 0.427. The average molecular weight is 316 g/mol. The zero-order chi connectivity index (χ0) is 13.9. The van der Waals surface area contributed by atoms with Crippen LogP contribution in [0.1, 0.15) is 24.0 Å². The smallest absolute Gasteiger partial charge is 0.241 e. The third kappa shape index (κ3) is 3.93. The van der Waals surface area contributed by atoms with Crippen molar-refractivity contribution in [3.05, 3.63) is 29.3 Å². The van der Waals surface area contributed by atoms with Gasteiger partial charge in [-0.25, -0.2) is 13.1 Å². The SMILES string of the molecule is Cc1cc(C#N)ccc1S(=O)(=O)NC1CCNCC1.Cl. The number of halogens is 1. The predicted molar refractivity (Wildman–Crippen MR) is 79.4 cm³/mol. The Hall–Kier alpha value is -1.13. The maximum Gasteiger partial charge on any atom is 0.241 e. The van der Waals surface area contributed by atoms with E-state index in [4.69, 9.17) is 5.26 Å². The maximum absolute atomic E-state index is 12.3. The van der Waals surface area contributed by atoms with Gasteiger partial charge in [0, 0.05) is 6.04 Å². The van der Waals surface area contributed by atoms with E-state index in [1.54, 1.807) is 13.0 Å². The summed E-state index contributed by atoms with van der Waals surface area (Å²) in [5, 5.41) is 12.0. The highest BCUT2D eigenvalue weighted by Gasteiger charge is 2.23. The normalized spacial score (nSPS) is 16.2. The van der Waals surface area contributed by atoms with Crippen molar-refractivity contribution >= 4 is 22.4 Å². The van der Waals surface area contributed by atoms with Gasteiger partial charge in [-0.2, -0.15) is 5.26 Å². The van der Waals surface area contributed by atoms with Gasteiger partial charge in [0.15, 0.2) is 0 Å². The van der Waals surface area contributed by atoms with E-state index < -0.39 is 10.0 Å². The monoisotopic (exact) mass is 315 g/mol. The molecule has 1 fully saturated rings. The molecule has 0 saturated carbocycles. The number of rotatable bonds is 3. The van der Waals surface area contributed by atoms with Gasteiger partial charge in [-0.15, -0.1) is 12.4 Å². The van der Waals surface area contributed by atoms with Gasteiger partial charge in [-0.1, -0.05) is 0 Å². The van der Waals surface area contributed by atoms with E-state index in [0.717, 1.165) is 25.9 Å². The fourth-order valence-electron chi connectivity index (χ4n) is 2.24. The Labute approximate surface area is 125 Å². The van der Waals surface area contributed by atoms with E-state index in [9.17, 15) is 8.42 Å². The molecule has 0 spiro atoms. The van der Waals surface area contributed by atoms with Crippen molar-refractivity contribution in [3.8, 4) is 6.07 Å². The molecule has 0 radical (unpaired) electrons. The van der Waals surface area contributed by atoms with Crippen LogP contribution in [-0.2, 0) is 10.0 Å². The van der Waals surface area contributed by atoms with E-state index in [1.807, 2.05) is 6.07 Å². The molecule has 1 aromatic rings. The lowest BCUT2D eigenvalue weighted by atomic mass is 10.1. The summed E-state index contributed by atoms with van der Waals surface area (Å²) in [6.07, 6.45) is 1.60. The van der Waals surface area contributed by atoms with Crippen LogP contribution in [-0.4, -0.2) is 27.5 Å². The molecule has 0 atom stereocenters. The molecule has 1 heterocycles. The number of nitriles is 1. The molecule has 2 N–H and O–H groups in total. The van der Waals surface area contributed by atoms with Crippen molar-refractivity contribution < 1.29 is 8.42 Å². The molecule has 1 aromatic carbocycles. The number of piperidine rings is 1. The zero-order valence-corrected chi connectivity index (χ0v) is 12.9. The van der Waals surface area contributed by atoms with Crippen LogP contribution in [0.2, 0.25) is 0 Å². The highest BCUT2D eigenvalue weighted by atomic mass is 35.5. The molecular weight excluding hydrogens is 298 g/mol. The van der Waals surface area contributed by atoms with Crippen LogP contribution < -0.4 is 10.0 Å². The largest absolute Gasteiger partial charge is 0.317 e. The first-order valence-electron chi connectivity index (χ1n) is 6.27. The third-order valence-corrected chi connectivity index (χ3v) is 4.94. The first-order valence-corrected chi connectivity index (χ1v) is 7.75. The van der Waals surface area contributed by atoms with Crippen LogP contribution in [0, 0.1) is 18.3 Å². The van der Waals surface area contributed by atoms with E-state index in [2.05, 4.69) is 10.0 Å². The summed E-state index contributed by atoms with van der Waals surface area (Å²) in [7, 11) is -3.50. The number of aryl methyl sites for hydroxylation is 1. The molecule has 0 aliphatic carbocycles. The summed E-state index contributed by atoms with van der Waals surface area (Å²) >= 11 is 0. The van der Waals surface area contributed by atoms with Gasteiger partial charge in [0.25, 0.3) is 0 Å². The van der Waals surface area contributed by atoms with Crippen LogP contribution in [0.4, 0.5) is 0 Å². The molecule has 110 valence electrons. The summed E-state index contributed by atoms with van der Waals surface area (Å²) in [4.78, 5) is 0.255. The lowest BCUT2D eigenvalue weighted by Crippen LogP contribution is -2.42. The molecule has 0 unspecified atom stereocenters. The van der Waals surface area contributed by atoms with Crippen molar-refractivity contribution in [1.82, 2.24) is 10.0 Å². The summed E-state index contributed by atoms with van der Waals surface area (Å²) in [6.45, 7) is 3.37. The van der Waals surface area contributed by atoms with Gasteiger partial charge in [-0.05, 0) is 56.6 Å². The minimum Gasteiger partial charge on any atom is -0.317 e. The molecule has 7 heteroatoms. The Balaban J connectivity index is 0.00000200. The maximum atomic E-state index is 12.3. The molecule has 0 amide bonds. The van der Waals surface area contributed by atoms with Crippen molar-refractivity contribution in [2.75, 3.05) is 13.1 Å². The van der Waals surface area contributed by atoms with E-state index >= 15 is 0 Å². The first-order chi connectivity index (χ1) is 9.03. The number of nitrogens with one attached hydrogen (secondary N) is 2. The van der Waals surface area contributed by atoms with Crippen molar-refractivity contribution in [3.63, 3.8) is 0 Å². The second kappa shape index (κ2) is 7.04. The average Bonchev–Trinajstić information content (AvgIpc) is 2.38. The molecule has 5 nitrogen and oxygen atoms in total. The van der Waals surface area contributed by atoms with Gasteiger partial charge < -0.3 is 5.32 Å². The summed E-state index contributed by atoms with van der Waals surface area (Å²) in [5.74, 6) is 0. The van der Waals surface area contributed by atoms with Gasteiger partial charge in [0.1, 0.15) is 0 Å². The fourth-order valence-corrected chi connectivity index (χ4v) is 3.77. The fraction of sp³-hybridized carbons (Fsp3) is 0.462. The lowest BCUT2D eigenvalue weighted by Gasteiger charge is -2.23. The van der Waals surface area contributed by atoms with Crippen molar-refractivity contribution in [2.45, 2.75) is 30.7 Å². The van der Waals surface area contributed by atoms with Crippen LogP contribution in [0.3, 0.4) is 0 Å². The van der Waals surface area contributed by atoms with Crippen LogP contribution in [0.15, 0.2) is 23.1 Å². The highest BCUT2D eigenvalue weighted by molar-refractivity contribution is 7.89. The second-order valence-corrected chi connectivity index (χ2v) is 6.42. The van der Waals surface area contributed by atoms with E-state index in [1.165, 1.54) is 12.1 Å². The Morgan fingerprint density at radius 1 is 1.35 bits per heavy atom. The minimum atomic E-state index is -3.50. The molecule has 0 bridgehead atoms. The van der Waals surface area contributed by atoms with E-state index in [-0.39, 0.29) is 23.3 Å². The summed E-state index contributed by atoms with van der Waals surface area (Å²) < 4.78 is 27.4. The second-order valence-electron chi connectivity index (χ2n) is 4.74. The zero-order valence-electron chi connectivity index (χ0n) is 11.2. The Morgan fingerprint density at radius 2 is 2.00 bits per heavy atom. The molecular formula is C13H18ClN3O2S. The van der Waals surface area contributed by atoms with Crippen molar-refractivity contribution in [2.24, 2.45) is 0 Å². The molecule has 1 aliphatic heterocycles. The number of hydrogen-bond acceptors (Lipinski definition) is 4. The van der Waals surface area contributed by atoms with Gasteiger partial charge in [-0.3, -0.25) is 0 Å². The Bertz CT molecular complexity index is 605. The molecule has 1 saturated heterocycles. The van der Waals surface area contributed by atoms with Gasteiger partial charge in [0.2, 0.25) is 10.0 Å². The van der Waals surface area contributed by atoms with Gasteiger partial charge in [0.05, 0.1) is 16.5 Å². The summed E-state index contributed by atoms with van der Waals surface area (Å²) in [5.41, 5.74) is 1.07. The number of nitrogens with zero attached hydrogens (tertiary/aromatic N) is 1. The standard InChI is InChI=1S/C13H17N3O2S.ClH/c1-10-8-11(9-14)2-3-13(10)19(17,18)16-12-4-6-15-7-5-12;/h2-3,8,12,15-16H,4-7H2,1H3;1H. The number of benzene rings is 1. The number of sulfonamides is 1. The van der Waals surface area contributed by atoms with E-state index in [0.29, 0.717) is 11.1 Å².